The lowest BCUT2D eigenvalue weighted by Crippen LogP contribution is -2.34. The van der Waals surface area contributed by atoms with Gasteiger partial charge in [-0.3, -0.25) is 9.59 Å². The highest BCUT2D eigenvalue weighted by Gasteiger charge is 2.24. The van der Waals surface area contributed by atoms with E-state index in [2.05, 4.69) is 19.9 Å². The molecule has 0 radical (unpaired) electrons. The molecule has 0 saturated heterocycles. The zero-order chi connectivity index (χ0) is 18.1. The van der Waals surface area contributed by atoms with Gasteiger partial charge in [0.1, 0.15) is 16.3 Å². The van der Waals surface area contributed by atoms with Crippen LogP contribution in [0.25, 0.3) is 11.5 Å². The summed E-state index contributed by atoms with van der Waals surface area (Å²) in [4.78, 5) is 42.0. The zero-order valence-corrected chi connectivity index (χ0v) is 15.9. The van der Waals surface area contributed by atoms with E-state index in [9.17, 15) is 9.59 Å². The fourth-order valence-corrected chi connectivity index (χ4v) is 3.74. The zero-order valence-electron chi connectivity index (χ0n) is 14.2. The molecule has 3 aromatic heterocycles. The second-order valence-electron chi connectivity index (χ2n) is 5.65. The number of hydrogen-bond donors (Lipinski definition) is 1. The van der Waals surface area contributed by atoms with Crippen LogP contribution in [0, 0.1) is 13.8 Å². The highest BCUT2D eigenvalue weighted by molar-refractivity contribution is 7.10. The lowest BCUT2D eigenvalue weighted by molar-refractivity contribution is 0.0740. The SMILES string of the molecule is Cc1csc([C@@H](C)N(C)C(=O)c2cnc(-c3csc(C)n3)[nH]c2=O)n1. The second kappa shape index (κ2) is 6.85. The molecule has 0 aliphatic carbocycles. The fourth-order valence-electron chi connectivity index (χ4n) is 2.25. The number of carbonyl (C=O) groups excluding carboxylic acids is 1. The van der Waals surface area contributed by atoms with Crippen LogP contribution in [0.4, 0.5) is 0 Å². The van der Waals surface area contributed by atoms with Crippen LogP contribution in [-0.4, -0.2) is 37.8 Å². The number of rotatable bonds is 4. The predicted octanol–water partition coefficient (Wildman–Crippen LogP) is 2.80. The molecule has 25 heavy (non-hydrogen) atoms. The number of nitrogens with zero attached hydrogens (tertiary/aromatic N) is 4. The number of hydrogen-bond acceptors (Lipinski definition) is 7. The van der Waals surface area contributed by atoms with Gasteiger partial charge in [0.05, 0.1) is 11.0 Å². The Balaban J connectivity index is 1.85. The summed E-state index contributed by atoms with van der Waals surface area (Å²) < 4.78 is 0. The number of H-pyrrole nitrogens is 1. The van der Waals surface area contributed by atoms with Crippen LogP contribution in [0.15, 0.2) is 21.8 Å². The Morgan fingerprint density at radius 2 is 2.00 bits per heavy atom. The average Bonchev–Trinajstić information content (AvgIpc) is 3.21. The highest BCUT2D eigenvalue weighted by Crippen LogP contribution is 2.23. The Hall–Kier alpha value is -2.39. The Labute approximate surface area is 152 Å². The summed E-state index contributed by atoms with van der Waals surface area (Å²) in [5.41, 5.74) is 1.03. The number of amides is 1. The van der Waals surface area contributed by atoms with E-state index in [0.717, 1.165) is 15.7 Å². The van der Waals surface area contributed by atoms with Crippen molar-refractivity contribution >= 4 is 28.6 Å². The van der Waals surface area contributed by atoms with Gasteiger partial charge in [0.2, 0.25) is 0 Å². The van der Waals surface area contributed by atoms with Gasteiger partial charge in [-0.2, -0.15) is 0 Å². The normalized spacial score (nSPS) is 12.2. The van der Waals surface area contributed by atoms with Crippen molar-refractivity contribution in [3.8, 4) is 11.5 Å². The number of aryl methyl sites for hydroxylation is 2. The summed E-state index contributed by atoms with van der Waals surface area (Å²) in [7, 11) is 1.65. The van der Waals surface area contributed by atoms with Crippen molar-refractivity contribution in [3.05, 3.63) is 48.6 Å². The maximum absolute atomic E-state index is 12.7. The van der Waals surface area contributed by atoms with Crippen molar-refractivity contribution in [1.82, 2.24) is 24.8 Å². The van der Waals surface area contributed by atoms with E-state index in [-0.39, 0.29) is 11.6 Å². The van der Waals surface area contributed by atoms with Crippen molar-refractivity contribution in [1.29, 1.82) is 0 Å². The van der Waals surface area contributed by atoms with Gasteiger partial charge in [-0.1, -0.05) is 0 Å². The largest absolute Gasteiger partial charge is 0.332 e. The Morgan fingerprint density at radius 3 is 2.56 bits per heavy atom. The first-order valence-corrected chi connectivity index (χ1v) is 9.33. The maximum atomic E-state index is 12.7. The van der Waals surface area contributed by atoms with Crippen LogP contribution in [0.2, 0.25) is 0 Å². The monoisotopic (exact) mass is 375 g/mol. The molecule has 9 heteroatoms. The van der Waals surface area contributed by atoms with Crippen molar-refractivity contribution in [2.24, 2.45) is 0 Å². The minimum Gasteiger partial charge on any atom is -0.332 e. The standard InChI is InChI=1S/C16H17N5O2S2/c1-8-6-25-15(18-8)9(2)21(4)16(23)11-5-17-13(20-14(11)22)12-7-24-10(3)19-12/h5-7,9H,1-4H3,(H,17,20,22)/t9-/m1/s1. The van der Waals surface area contributed by atoms with E-state index < -0.39 is 11.5 Å². The Bertz CT molecular complexity index is 975. The van der Waals surface area contributed by atoms with E-state index in [1.54, 1.807) is 7.05 Å². The summed E-state index contributed by atoms with van der Waals surface area (Å²) in [6.07, 6.45) is 1.31. The molecule has 0 unspecified atom stereocenters. The first-order valence-electron chi connectivity index (χ1n) is 7.58. The molecule has 1 amide bonds. The first-order chi connectivity index (χ1) is 11.9. The predicted molar refractivity (Wildman–Crippen MR) is 98.1 cm³/mol. The van der Waals surface area contributed by atoms with Crippen LogP contribution in [0.1, 0.15) is 39.0 Å². The van der Waals surface area contributed by atoms with Crippen LogP contribution in [0.3, 0.4) is 0 Å². The molecule has 0 bridgehead atoms. The number of aromatic nitrogens is 4. The Kier molecular flexibility index (Phi) is 4.78. The molecule has 1 atom stereocenters. The van der Waals surface area contributed by atoms with Gasteiger partial charge < -0.3 is 9.88 Å². The molecule has 0 aromatic carbocycles. The summed E-state index contributed by atoms with van der Waals surface area (Å²) in [6, 6.07) is -0.230. The van der Waals surface area contributed by atoms with Gasteiger partial charge in [0.25, 0.3) is 11.5 Å². The van der Waals surface area contributed by atoms with Crippen LogP contribution in [-0.2, 0) is 0 Å². The summed E-state index contributed by atoms with van der Waals surface area (Å²) in [6.45, 7) is 5.66. The lowest BCUT2D eigenvalue weighted by atomic mass is 10.2. The molecular weight excluding hydrogens is 358 g/mol. The fraction of sp³-hybridized carbons (Fsp3) is 0.312. The molecule has 0 saturated carbocycles. The average molecular weight is 375 g/mol. The molecule has 0 fully saturated rings. The summed E-state index contributed by atoms with van der Waals surface area (Å²) in [5, 5.41) is 5.45. The number of carbonyl (C=O) groups is 1. The van der Waals surface area contributed by atoms with Gasteiger partial charge in [-0.25, -0.2) is 15.0 Å². The summed E-state index contributed by atoms with van der Waals surface area (Å²) in [5.74, 6) is -0.0349. The molecule has 3 rings (SSSR count). The Morgan fingerprint density at radius 1 is 1.24 bits per heavy atom. The molecule has 0 spiro atoms. The van der Waals surface area contributed by atoms with Gasteiger partial charge in [0, 0.05) is 29.7 Å². The molecule has 0 aliphatic rings. The van der Waals surface area contributed by atoms with E-state index in [4.69, 9.17) is 0 Å². The minimum absolute atomic E-state index is 0.00155. The third-order valence-electron chi connectivity index (χ3n) is 3.79. The molecule has 3 heterocycles. The molecule has 7 nitrogen and oxygen atoms in total. The van der Waals surface area contributed by atoms with Crippen molar-refractivity contribution in [2.75, 3.05) is 7.05 Å². The van der Waals surface area contributed by atoms with E-state index >= 15 is 0 Å². The first kappa shape index (κ1) is 17.4. The molecule has 1 N–H and O–H groups in total. The van der Waals surface area contributed by atoms with Crippen LogP contribution in [0.5, 0.6) is 0 Å². The smallest absolute Gasteiger partial charge is 0.264 e. The minimum atomic E-state index is -0.477. The van der Waals surface area contributed by atoms with E-state index in [0.29, 0.717) is 11.5 Å². The van der Waals surface area contributed by atoms with Crippen LogP contribution >= 0.6 is 22.7 Å². The molecule has 130 valence electrons. The van der Waals surface area contributed by atoms with Gasteiger partial charge in [-0.15, -0.1) is 22.7 Å². The highest BCUT2D eigenvalue weighted by atomic mass is 32.1. The second-order valence-corrected chi connectivity index (χ2v) is 7.60. The lowest BCUT2D eigenvalue weighted by Gasteiger charge is -2.22. The van der Waals surface area contributed by atoms with Crippen molar-refractivity contribution in [2.45, 2.75) is 26.8 Å². The number of nitrogens with one attached hydrogen (secondary N) is 1. The van der Waals surface area contributed by atoms with Gasteiger partial charge in [-0.05, 0) is 20.8 Å². The van der Waals surface area contributed by atoms with Gasteiger partial charge in [0.15, 0.2) is 5.82 Å². The number of thiazole rings is 2. The molecular formula is C16H17N5O2S2. The topological polar surface area (TPSA) is 91.8 Å². The number of aromatic amines is 1. The molecule has 3 aromatic rings. The third-order valence-corrected chi connectivity index (χ3v) is 5.69. The van der Waals surface area contributed by atoms with E-state index in [1.807, 2.05) is 31.5 Å². The van der Waals surface area contributed by atoms with Crippen LogP contribution < -0.4 is 5.56 Å². The maximum Gasteiger partial charge on any atom is 0.264 e. The third kappa shape index (κ3) is 3.52. The summed E-state index contributed by atoms with van der Waals surface area (Å²) >= 11 is 2.96. The molecule has 0 aliphatic heterocycles. The van der Waals surface area contributed by atoms with Crippen molar-refractivity contribution < 1.29 is 4.79 Å². The van der Waals surface area contributed by atoms with Crippen molar-refractivity contribution in [3.63, 3.8) is 0 Å². The van der Waals surface area contributed by atoms with E-state index in [1.165, 1.54) is 33.8 Å². The quantitative estimate of drug-likeness (QED) is 0.757. The van der Waals surface area contributed by atoms with Gasteiger partial charge >= 0.3 is 0 Å².